The summed E-state index contributed by atoms with van der Waals surface area (Å²) in [4.78, 5) is 22.7. The van der Waals surface area contributed by atoms with Crippen molar-refractivity contribution in [2.24, 2.45) is 7.05 Å². The molecule has 36 heavy (non-hydrogen) atoms. The summed E-state index contributed by atoms with van der Waals surface area (Å²) in [5, 5.41) is 12.6. The Kier molecular flexibility index (Phi) is 4.90. The minimum Gasteiger partial charge on any atom is -0.293 e. The molecule has 0 unspecified atom stereocenters. The minimum absolute atomic E-state index is 0.141. The van der Waals surface area contributed by atoms with Crippen molar-refractivity contribution in [3.63, 3.8) is 0 Å². The lowest BCUT2D eigenvalue weighted by Crippen LogP contribution is -2.29. The van der Waals surface area contributed by atoms with Gasteiger partial charge in [0.05, 0.1) is 45.3 Å². The van der Waals surface area contributed by atoms with Crippen molar-refractivity contribution in [3.8, 4) is 22.9 Å². The van der Waals surface area contributed by atoms with Gasteiger partial charge in [-0.1, -0.05) is 30.4 Å². The third-order valence-corrected chi connectivity index (χ3v) is 7.16. The van der Waals surface area contributed by atoms with Crippen molar-refractivity contribution in [3.05, 3.63) is 87.5 Å². The van der Waals surface area contributed by atoms with E-state index < -0.39 is 5.41 Å². The highest BCUT2D eigenvalue weighted by atomic mass is 16.1. The first kappa shape index (κ1) is 22.0. The lowest BCUT2D eigenvalue weighted by atomic mass is 9.86. The quantitative estimate of drug-likeness (QED) is 0.397. The number of nitrogens with zero attached hydrogens (tertiary/aromatic N) is 5. The summed E-state index contributed by atoms with van der Waals surface area (Å²) in [7, 11) is 1.77. The van der Waals surface area contributed by atoms with Gasteiger partial charge in [0.1, 0.15) is 0 Å². The largest absolute Gasteiger partial charge is 0.333 e. The molecule has 0 atom stereocenters. The second kappa shape index (κ2) is 8.03. The highest BCUT2D eigenvalue weighted by molar-refractivity contribution is 6.04. The van der Waals surface area contributed by atoms with Gasteiger partial charge in [0, 0.05) is 24.2 Å². The molecule has 6 nitrogen and oxygen atoms in total. The van der Waals surface area contributed by atoms with Gasteiger partial charge in [-0.2, -0.15) is 5.26 Å². The zero-order chi connectivity index (χ0) is 25.0. The summed E-state index contributed by atoms with van der Waals surface area (Å²) in [6, 6.07) is 18.3. The van der Waals surface area contributed by atoms with Crippen molar-refractivity contribution in [1.29, 1.82) is 5.26 Å². The van der Waals surface area contributed by atoms with Crippen LogP contribution in [0.4, 0.5) is 0 Å². The normalized spacial score (nSPS) is 13.2. The molecular formula is C30H25N5O. The molecule has 0 bridgehead atoms. The number of hydrogen-bond donors (Lipinski definition) is 0. The van der Waals surface area contributed by atoms with Gasteiger partial charge in [0.25, 0.3) is 0 Å². The maximum Gasteiger partial charge on any atom is 0.333 e. The predicted molar refractivity (Wildman–Crippen MR) is 143 cm³/mol. The van der Waals surface area contributed by atoms with Crippen molar-refractivity contribution in [2.45, 2.75) is 32.1 Å². The molecule has 1 aliphatic rings. The number of nitriles is 1. The van der Waals surface area contributed by atoms with Gasteiger partial charge in [-0.15, -0.1) is 0 Å². The number of hydrogen-bond acceptors (Lipinski definition) is 4. The van der Waals surface area contributed by atoms with Crippen molar-refractivity contribution in [1.82, 2.24) is 19.1 Å². The number of fused-ring (bicyclic) bond motifs is 4. The average molecular weight is 472 g/mol. The Morgan fingerprint density at radius 2 is 1.72 bits per heavy atom. The summed E-state index contributed by atoms with van der Waals surface area (Å²) in [5.41, 5.74) is 5.37. The molecule has 0 fully saturated rings. The van der Waals surface area contributed by atoms with Crippen molar-refractivity contribution >= 4 is 34.1 Å². The average Bonchev–Trinajstić information content (AvgIpc) is 3.18. The fraction of sp³-hybridized carbons (Fsp3) is 0.200. The Balaban J connectivity index is 1.59. The lowest BCUT2D eigenvalue weighted by molar-refractivity contribution is 0.686. The zero-order valence-electron chi connectivity index (χ0n) is 20.5. The summed E-state index contributed by atoms with van der Waals surface area (Å²) in [5.74, 6) is 0. The van der Waals surface area contributed by atoms with E-state index in [2.05, 4.69) is 46.4 Å². The molecule has 0 aliphatic heterocycles. The Labute approximate surface area is 208 Å². The fourth-order valence-corrected chi connectivity index (χ4v) is 4.95. The molecule has 176 valence electrons. The number of rotatable bonds is 3. The molecule has 0 saturated heterocycles. The highest BCUT2D eigenvalue weighted by Crippen LogP contribution is 2.30. The third-order valence-electron chi connectivity index (χ3n) is 7.16. The van der Waals surface area contributed by atoms with E-state index >= 15 is 0 Å². The van der Waals surface area contributed by atoms with Gasteiger partial charge in [0.15, 0.2) is 0 Å². The van der Waals surface area contributed by atoms with Gasteiger partial charge in [0.2, 0.25) is 0 Å². The van der Waals surface area contributed by atoms with Crippen molar-refractivity contribution in [2.75, 3.05) is 0 Å². The van der Waals surface area contributed by atoms with Crippen LogP contribution in [-0.2, 0) is 12.5 Å². The van der Waals surface area contributed by atoms with Crippen LogP contribution < -0.4 is 16.3 Å². The number of aryl methyl sites for hydroxylation is 1. The molecular weight excluding hydrogens is 446 g/mol. The Bertz CT molecular complexity index is 1900. The van der Waals surface area contributed by atoms with Crippen LogP contribution in [0, 0.1) is 11.3 Å². The molecule has 6 rings (SSSR count). The van der Waals surface area contributed by atoms with Gasteiger partial charge in [-0.25, -0.2) is 4.79 Å². The second-order valence-electron chi connectivity index (χ2n) is 9.87. The lowest BCUT2D eigenvalue weighted by Gasteiger charge is -2.16. The summed E-state index contributed by atoms with van der Waals surface area (Å²) in [6.07, 6.45) is 10.1. The first-order valence-corrected chi connectivity index (χ1v) is 12.1. The number of benzene rings is 2. The maximum absolute atomic E-state index is 13.4. The molecule has 0 amide bonds. The second-order valence-corrected chi connectivity index (χ2v) is 9.87. The first-order valence-electron chi connectivity index (χ1n) is 12.1. The molecule has 0 N–H and O–H groups in total. The summed E-state index contributed by atoms with van der Waals surface area (Å²) < 4.78 is 3.37. The maximum atomic E-state index is 13.4. The third kappa shape index (κ3) is 3.36. The number of pyridine rings is 2. The molecule has 5 aromatic rings. The zero-order valence-corrected chi connectivity index (χ0v) is 20.5. The van der Waals surface area contributed by atoms with E-state index in [0.29, 0.717) is 0 Å². The van der Waals surface area contributed by atoms with Crippen LogP contribution in [0.3, 0.4) is 0 Å². The monoisotopic (exact) mass is 471 g/mol. The fourth-order valence-electron chi connectivity index (χ4n) is 4.95. The Morgan fingerprint density at radius 3 is 2.50 bits per heavy atom. The summed E-state index contributed by atoms with van der Waals surface area (Å²) in [6.45, 7) is 3.77. The molecule has 6 heteroatoms. The van der Waals surface area contributed by atoms with E-state index in [4.69, 9.17) is 0 Å². The molecule has 3 aromatic heterocycles. The predicted octanol–water partition coefficient (Wildman–Crippen LogP) is 4.10. The Hall–Kier alpha value is -4.50. The van der Waals surface area contributed by atoms with E-state index in [1.807, 2.05) is 50.4 Å². The molecule has 3 heterocycles. The highest BCUT2D eigenvalue weighted by Gasteiger charge is 2.21. The van der Waals surface area contributed by atoms with Crippen LogP contribution in [0.25, 0.3) is 50.9 Å². The van der Waals surface area contributed by atoms with Gasteiger partial charge < -0.3 is 0 Å². The first-order chi connectivity index (χ1) is 17.4. The van der Waals surface area contributed by atoms with E-state index in [-0.39, 0.29) is 5.69 Å². The van der Waals surface area contributed by atoms with Crippen LogP contribution in [0.2, 0.25) is 0 Å². The topological polar surface area (TPSA) is 76.5 Å². The summed E-state index contributed by atoms with van der Waals surface area (Å²) >= 11 is 0. The van der Waals surface area contributed by atoms with E-state index in [1.54, 1.807) is 22.4 Å². The van der Waals surface area contributed by atoms with Crippen molar-refractivity contribution < 1.29 is 0 Å². The van der Waals surface area contributed by atoms with Crippen LogP contribution in [0.5, 0.6) is 0 Å². The molecule has 0 radical (unpaired) electrons. The van der Waals surface area contributed by atoms with E-state index in [9.17, 15) is 10.1 Å². The van der Waals surface area contributed by atoms with Crippen LogP contribution in [0.1, 0.15) is 32.3 Å². The molecule has 2 aromatic carbocycles. The number of aromatic nitrogens is 4. The van der Waals surface area contributed by atoms with E-state index in [1.165, 1.54) is 0 Å². The van der Waals surface area contributed by atoms with Gasteiger partial charge >= 0.3 is 5.69 Å². The number of imidazole rings is 1. The van der Waals surface area contributed by atoms with Gasteiger partial charge in [-0.05, 0) is 73.4 Å². The molecule has 1 aliphatic carbocycles. The minimum atomic E-state index is -0.605. The van der Waals surface area contributed by atoms with Crippen LogP contribution in [-0.4, -0.2) is 19.1 Å². The molecule has 0 spiro atoms. The van der Waals surface area contributed by atoms with Crippen LogP contribution in [0.15, 0.2) is 65.7 Å². The van der Waals surface area contributed by atoms with Gasteiger partial charge in [-0.3, -0.25) is 19.1 Å². The van der Waals surface area contributed by atoms with E-state index in [0.717, 1.165) is 67.7 Å². The standard InChI is InChI=1S/C30H25N5O/c1-30(2,18-31)22-9-11-23(12-10-22)35-28-24-15-19(21-14-20-6-4-5-7-25(20)32-16-21)8-13-26(24)33-17-27(28)34(3)29(35)36/h6-17H,4-5H2,1-3H3. The SMILES string of the molecule is Cn1c(=O)n(-c2ccc(C(C)(C)C#N)cc2)c2c3cc(-c4cnc5c(c4)=CCCC=5)ccc3ncc21. The Morgan fingerprint density at radius 1 is 0.944 bits per heavy atom. The smallest absolute Gasteiger partial charge is 0.293 e. The van der Waals surface area contributed by atoms with Crippen LogP contribution >= 0.6 is 0 Å². The molecule has 0 saturated carbocycles.